The van der Waals surface area contributed by atoms with E-state index in [4.69, 9.17) is 10.5 Å². The first-order valence-corrected chi connectivity index (χ1v) is 5.25. The van der Waals surface area contributed by atoms with Crippen molar-refractivity contribution in [3.05, 3.63) is 54.1 Å². The van der Waals surface area contributed by atoms with Gasteiger partial charge in [0.25, 0.3) is 0 Å². The third kappa shape index (κ3) is 2.28. The molecular weight excluding hydrogens is 214 g/mol. The second kappa shape index (κ2) is 4.70. The normalized spacial score (nSPS) is 9.94. The van der Waals surface area contributed by atoms with Gasteiger partial charge in [0.1, 0.15) is 5.75 Å². The summed E-state index contributed by atoms with van der Waals surface area (Å²) in [5.41, 5.74) is 7.66. The Morgan fingerprint density at radius 1 is 1.12 bits per heavy atom. The maximum atomic E-state index is 11.1. The lowest BCUT2D eigenvalue weighted by molar-refractivity contribution is 0.1000. The molecule has 2 aromatic rings. The van der Waals surface area contributed by atoms with E-state index < -0.39 is 5.91 Å². The van der Waals surface area contributed by atoms with Crippen LogP contribution in [-0.4, -0.2) is 13.0 Å². The molecule has 0 saturated carbocycles. The van der Waals surface area contributed by atoms with Gasteiger partial charge in [0, 0.05) is 11.1 Å². The van der Waals surface area contributed by atoms with Crippen LogP contribution in [0.1, 0.15) is 10.4 Å². The van der Waals surface area contributed by atoms with Crippen molar-refractivity contribution in [2.24, 2.45) is 5.73 Å². The Morgan fingerprint density at radius 2 is 1.82 bits per heavy atom. The smallest absolute Gasteiger partial charge is 0.248 e. The number of nitrogens with two attached hydrogens (primary N) is 1. The summed E-state index contributed by atoms with van der Waals surface area (Å²) in [4.78, 5) is 11.1. The number of hydrogen-bond donors (Lipinski definition) is 1. The van der Waals surface area contributed by atoms with E-state index in [0.29, 0.717) is 11.3 Å². The Balaban J connectivity index is 2.52. The van der Waals surface area contributed by atoms with Crippen LogP contribution in [0.3, 0.4) is 0 Å². The molecule has 0 atom stereocenters. The van der Waals surface area contributed by atoms with Crippen LogP contribution in [0.25, 0.3) is 11.1 Å². The van der Waals surface area contributed by atoms with Crippen molar-refractivity contribution in [1.82, 2.24) is 0 Å². The van der Waals surface area contributed by atoms with Gasteiger partial charge in [0.15, 0.2) is 0 Å². The molecule has 17 heavy (non-hydrogen) atoms. The summed E-state index contributed by atoms with van der Waals surface area (Å²) in [5.74, 6) is 0.190. The SMILES string of the molecule is COc1cc(C(N)=O)ccc1-c1ccccc1. The standard InChI is InChI=1S/C14H13NO2/c1-17-13-9-11(14(15)16)7-8-12(13)10-5-3-2-4-6-10/h2-9H,1H3,(H2,15,16). The predicted octanol–water partition coefficient (Wildman–Crippen LogP) is 2.46. The van der Waals surface area contributed by atoms with Gasteiger partial charge in [-0.1, -0.05) is 30.3 Å². The largest absolute Gasteiger partial charge is 0.496 e. The van der Waals surface area contributed by atoms with Crippen molar-refractivity contribution in [2.75, 3.05) is 7.11 Å². The summed E-state index contributed by atoms with van der Waals surface area (Å²) in [6.45, 7) is 0. The van der Waals surface area contributed by atoms with Crippen molar-refractivity contribution in [3.63, 3.8) is 0 Å². The average molecular weight is 227 g/mol. The third-order valence-electron chi connectivity index (χ3n) is 2.57. The van der Waals surface area contributed by atoms with Crippen LogP contribution < -0.4 is 10.5 Å². The van der Waals surface area contributed by atoms with Crippen LogP contribution in [0.2, 0.25) is 0 Å². The number of carbonyl (C=O) groups is 1. The van der Waals surface area contributed by atoms with Crippen LogP contribution in [0.4, 0.5) is 0 Å². The fourth-order valence-corrected chi connectivity index (χ4v) is 1.70. The molecule has 0 fully saturated rings. The minimum Gasteiger partial charge on any atom is -0.496 e. The van der Waals surface area contributed by atoms with E-state index in [1.54, 1.807) is 19.2 Å². The van der Waals surface area contributed by atoms with Crippen molar-refractivity contribution >= 4 is 5.91 Å². The molecule has 0 spiro atoms. The molecule has 0 heterocycles. The van der Waals surface area contributed by atoms with Crippen LogP contribution in [-0.2, 0) is 0 Å². The minimum atomic E-state index is -0.456. The van der Waals surface area contributed by atoms with Gasteiger partial charge < -0.3 is 10.5 Å². The van der Waals surface area contributed by atoms with Crippen molar-refractivity contribution in [3.8, 4) is 16.9 Å². The van der Waals surface area contributed by atoms with E-state index in [1.807, 2.05) is 36.4 Å². The van der Waals surface area contributed by atoms with Gasteiger partial charge in [0.05, 0.1) is 7.11 Å². The Bertz CT molecular complexity index is 535. The molecule has 1 amide bonds. The maximum absolute atomic E-state index is 11.1. The molecule has 0 bridgehead atoms. The van der Waals surface area contributed by atoms with Crippen molar-refractivity contribution in [2.45, 2.75) is 0 Å². The van der Waals surface area contributed by atoms with Crippen LogP contribution in [0, 0.1) is 0 Å². The fourth-order valence-electron chi connectivity index (χ4n) is 1.70. The molecule has 0 unspecified atom stereocenters. The van der Waals surface area contributed by atoms with Gasteiger partial charge in [-0.3, -0.25) is 4.79 Å². The highest BCUT2D eigenvalue weighted by Crippen LogP contribution is 2.30. The average Bonchev–Trinajstić information content (AvgIpc) is 2.39. The number of carbonyl (C=O) groups excluding carboxylic acids is 1. The van der Waals surface area contributed by atoms with Crippen molar-refractivity contribution < 1.29 is 9.53 Å². The number of amides is 1. The summed E-state index contributed by atoms with van der Waals surface area (Å²) < 4.78 is 5.28. The van der Waals surface area contributed by atoms with Gasteiger partial charge in [-0.2, -0.15) is 0 Å². The molecule has 3 nitrogen and oxygen atoms in total. The Morgan fingerprint density at radius 3 is 2.41 bits per heavy atom. The molecule has 0 aliphatic rings. The molecule has 0 aromatic heterocycles. The lowest BCUT2D eigenvalue weighted by Crippen LogP contribution is -2.10. The molecule has 0 aliphatic carbocycles. The maximum Gasteiger partial charge on any atom is 0.248 e. The summed E-state index contributed by atoms with van der Waals surface area (Å²) in [5, 5.41) is 0. The van der Waals surface area contributed by atoms with E-state index in [0.717, 1.165) is 11.1 Å². The first-order chi connectivity index (χ1) is 8.22. The topological polar surface area (TPSA) is 52.3 Å². The van der Waals surface area contributed by atoms with Gasteiger partial charge in [-0.25, -0.2) is 0 Å². The zero-order valence-corrected chi connectivity index (χ0v) is 9.51. The Hall–Kier alpha value is -2.29. The predicted molar refractivity (Wildman–Crippen MR) is 66.9 cm³/mol. The van der Waals surface area contributed by atoms with Crippen LogP contribution >= 0.6 is 0 Å². The lowest BCUT2D eigenvalue weighted by atomic mass is 10.0. The van der Waals surface area contributed by atoms with E-state index >= 15 is 0 Å². The van der Waals surface area contributed by atoms with E-state index in [-0.39, 0.29) is 0 Å². The summed E-state index contributed by atoms with van der Waals surface area (Å²) >= 11 is 0. The fraction of sp³-hybridized carbons (Fsp3) is 0.0714. The Kier molecular flexibility index (Phi) is 3.10. The second-order valence-electron chi connectivity index (χ2n) is 3.65. The van der Waals surface area contributed by atoms with Gasteiger partial charge in [0.2, 0.25) is 5.91 Å². The lowest BCUT2D eigenvalue weighted by Gasteiger charge is -2.09. The molecule has 2 rings (SSSR count). The first-order valence-electron chi connectivity index (χ1n) is 5.25. The van der Waals surface area contributed by atoms with Crippen LogP contribution in [0.15, 0.2) is 48.5 Å². The number of ether oxygens (including phenoxy) is 1. The molecule has 3 heteroatoms. The second-order valence-corrected chi connectivity index (χ2v) is 3.65. The quantitative estimate of drug-likeness (QED) is 0.875. The molecule has 86 valence electrons. The molecule has 2 aromatic carbocycles. The Labute approximate surface area is 99.8 Å². The van der Waals surface area contributed by atoms with E-state index in [9.17, 15) is 4.79 Å². The highest BCUT2D eigenvalue weighted by molar-refractivity contribution is 5.94. The molecular formula is C14H13NO2. The van der Waals surface area contributed by atoms with Crippen LogP contribution in [0.5, 0.6) is 5.75 Å². The molecule has 0 saturated heterocycles. The number of rotatable bonds is 3. The van der Waals surface area contributed by atoms with Gasteiger partial charge in [-0.15, -0.1) is 0 Å². The highest BCUT2D eigenvalue weighted by atomic mass is 16.5. The number of hydrogen-bond acceptors (Lipinski definition) is 2. The summed E-state index contributed by atoms with van der Waals surface area (Å²) in [7, 11) is 1.58. The zero-order valence-electron chi connectivity index (χ0n) is 9.51. The van der Waals surface area contributed by atoms with Crippen molar-refractivity contribution in [1.29, 1.82) is 0 Å². The summed E-state index contributed by atoms with van der Waals surface area (Å²) in [6, 6.07) is 15.0. The molecule has 0 radical (unpaired) electrons. The minimum absolute atomic E-state index is 0.446. The number of benzene rings is 2. The van der Waals surface area contributed by atoms with Gasteiger partial charge >= 0.3 is 0 Å². The first kappa shape index (κ1) is 11.2. The van der Waals surface area contributed by atoms with E-state index in [2.05, 4.69) is 0 Å². The molecule has 0 aliphatic heterocycles. The van der Waals surface area contributed by atoms with E-state index in [1.165, 1.54) is 0 Å². The summed E-state index contributed by atoms with van der Waals surface area (Å²) in [6.07, 6.45) is 0. The zero-order chi connectivity index (χ0) is 12.3. The monoisotopic (exact) mass is 227 g/mol. The number of primary amides is 1. The molecule has 2 N–H and O–H groups in total. The highest BCUT2D eigenvalue weighted by Gasteiger charge is 2.08. The third-order valence-corrected chi connectivity index (χ3v) is 2.57. The van der Waals surface area contributed by atoms with Gasteiger partial charge in [-0.05, 0) is 23.8 Å². The number of methoxy groups -OCH3 is 1.